The van der Waals surface area contributed by atoms with Crippen LogP contribution in [0.15, 0.2) is 18.5 Å². The fourth-order valence-corrected chi connectivity index (χ4v) is 1.64. The van der Waals surface area contributed by atoms with Crippen LogP contribution < -0.4 is 4.90 Å². The third-order valence-electron chi connectivity index (χ3n) is 2.72. The summed E-state index contributed by atoms with van der Waals surface area (Å²) in [4.78, 5) is 26.7. The van der Waals surface area contributed by atoms with Gasteiger partial charge in [-0.1, -0.05) is 0 Å². The van der Waals surface area contributed by atoms with Gasteiger partial charge in [0.05, 0.1) is 17.5 Å². The van der Waals surface area contributed by atoms with E-state index in [-0.39, 0.29) is 11.8 Å². The highest BCUT2D eigenvalue weighted by molar-refractivity contribution is 5.99. The third kappa shape index (κ3) is 1.72. The van der Waals surface area contributed by atoms with E-state index in [1.807, 2.05) is 0 Å². The lowest BCUT2D eigenvalue weighted by Gasteiger charge is -2.14. The number of H-pyrrole nitrogens is 1. The molecule has 1 amide bonds. The minimum Gasteiger partial charge on any atom is -0.481 e. The Balaban J connectivity index is 2.01. The first-order valence-corrected chi connectivity index (χ1v) is 4.74. The zero-order chi connectivity index (χ0) is 11.0. The minimum absolute atomic E-state index is 0.123. The van der Waals surface area contributed by atoms with Crippen LogP contribution in [0.25, 0.3) is 0 Å². The number of nitrogens with zero attached hydrogens (tertiary/aromatic N) is 1. The van der Waals surface area contributed by atoms with Gasteiger partial charge < -0.3 is 15.0 Å². The molecule has 0 saturated heterocycles. The zero-order valence-corrected chi connectivity index (χ0v) is 8.30. The standard InChI is InChI=1S/C10H12N2O3/c1-12(6-2-3-11-5-6)9(13)7-4-8(7)10(14)15/h2-3,5,7-8,11H,4H2,1H3,(H,14,15). The monoisotopic (exact) mass is 208 g/mol. The maximum atomic E-state index is 11.8. The van der Waals surface area contributed by atoms with Gasteiger partial charge in [-0.15, -0.1) is 0 Å². The van der Waals surface area contributed by atoms with Crippen molar-refractivity contribution < 1.29 is 14.7 Å². The molecule has 15 heavy (non-hydrogen) atoms. The summed E-state index contributed by atoms with van der Waals surface area (Å²) in [6.07, 6.45) is 3.89. The van der Waals surface area contributed by atoms with Crippen molar-refractivity contribution in [2.75, 3.05) is 11.9 Å². The van der Waals surface area contributed by atoms with Crippen molar-refractivity contribution in [2.45, 2.75) is 6.42 Å². The van der Waals surface area contributed by atoms with Gasteiger partial charge in [-0.25, -0.2) is 0 Å². The Morgan fingerprint density at radius 2 is 2.27 bits per heavy atom. The summed E-state index contributed by atoms with van der Waals surface area (Å²) in [6.45, 7) is 0. The van der Waals surface area contributed by atoms with Crippen LogP contribution in [0.2, 0.25) is 0 Å². The van der Waals surface area contributed by atoms with E-state index in [0.29, 0.717) is 6.42 Å². The number of aromatic nitrogens is 1. The first-order valence-electron chi connectivity index (χ1n) is 4.74. The molecular weight excluding hydrogens is 196 g/mol. The number of carboxylic acids is 1. The van der Waals surface area contributed by atoms with Crippen molar-refractivity contribution in [1.82, 2.24) is 4.98 Å². The second-order valence-corrected chi connectivity index (χ2v) is 3.75. The zero-order valence-electron chi connectivity index (χ0n) is 8.30. The SMILES string of the molecule is CN(C(=O)C1CC1C(=O)O)c1cc[nH]c1. The van der Waals surface area contributed by atoms with Gasteiger partial charge in [-0.2, -0.15) is 0 Å². The summed E-state index contributed by atoms with van der Waals surface area (Å²) in [5.41, 5.74) is 0.760. The Morgan fingerprint density at radius 1 is 1.53 bits per heavy atom. The molecule has 2 rings (SSSR count). The predicted octanol–water partition coefficient (Wildman–Crippen LogP) is 0.698. The fraction of sp³-hybridized carbons (Fsp3) is 0.400. The van der Waals surface area contributed by atoms with Crippen molar-refractivity contribution in [3.8, 4) is 0 Å². The number of carbonyl (C=O) groups excluding carboxylic acids is 1. The van der Waals surface area contributed by atoms with E-state index < -0.39 is 11.9 Å². The van der Waals surface area contributed by atoms with Crippen LogP contribution in [-0.2, 0) is 9.59 Å². The number of carbonyl (C=O) groups is 2. The molecule has 0 spiro atoms. The number of anilines is 1. The first-order chi connectivity index (χ1) is 7.11. The fourth-order valence-electron chi connectivity index (χ4n) is 1.64. The van der Waals surface area contributed by atoms with E-state index >= 15 is 0 Å². The number of hydrogen-bond acceptors (Lipinski definition) is 2. The Morgan fingerprint density at radius 3 is 2.73 bits per heavy atom. The smallest absolute Gasteiger partial charge is 0.307 e. The van der Waals surface area contributed by atoms with Gasteiger partial charge in [0.25, 0.3) is 0 Å². The van der Waals surface area contributed by atoms with Gasteiger partial charge in [-0.05, 0) is 12.5 Å². The molecule has 0 radical (unpaired) electrons. The van der Waals surface area contributed by atoms with Gasteiger partial charge in [-0.3, -0.25) is 9.59 Å². The molecule has 1 fully saturated rings. The second-order valence-electron chi connectivity index (χ2n) is 3.75. The Kier molecular flexibility index (Phi) is 2.22. The number of hydrogen-bond donors (Lipinski definition) is 2. The van der Waals surface area contributed by atoms with Crippen LogP contribution >= 0.6 is 0 Å². The van der Waals surface area contributed by atoms with E-state index in [1.54, 1.807) is 25.5 Å². The van der Waals surface area contributed by atoms with E-state index in [4.69, 9.17) is 5.11 Å². The first kappa shape index (κ1) is 9.76. The molecule has 1 aromatic rings. The van der Waals surface area contributed by atoms with Gasteiger partial charge in [0, 0.05) is 19.4 Å². The van der Waals surface area contributed by atoms with Crippen molar-refractivity contribution in [1.29, 1.82) is 0 Å². The van der Waals surface area contributed by atoms with Crippen LogP contribution in [0.1, 0.15) is 6.42 Å². The van der Waals surface area contributed by atoms with Crippen LogP contribution in [0.4, 0.5) is 5.69 Å². The number of amides is 1. The summed E-state index contributed by atoms with van der Waals surface area (Å²) in [6, 6.07) is 1.77. The number of rotatable bonds is 3. The highest BCUT2D eigenvalue weighted by Crippen LogP contribution is 2.40. The van der Waals surface area contributed by atoms with Crippen molar-refractivity contribution in [3.05, 3.63) is 18.5 Å². The van der Waals surface area contributed by atoms with Crippen LogP contribution in [0, 0.1) is 11.8 Å². The maximum Gasteiger partial charge on any atom is 0.307 e. The molecule has 1 aliphatic carbocycles. The van der Waals surface area contributed by atoms with E-state index in [0.717, 1.165) is 5.69 Å². The Labute approximate surface area is 86.7 Å². The summed E-state index contributed by atoms with van der Waals surface area (Å²) < 4.78 is 0. The summed E-state index contributed by atoms with van der Waals surface area (Å²) >= 11 is 0. The molecule has 1 aliphatic rings. The van der Waals surface area contributed by atoms with Gasteiger partial charge in [0.2, 0.25) is 5.91 Å². The second kappa shape index (κ2) is 3.42. The van der Waals surface area contributed by atoms with Crippen molar-refractivity contribution in [3.63, 3.8) is 0 Å². The van der Waals surface area contributed by atoms with Gasteiger partial charge in [0.15, 0.2) is 0 Å². The lowest BCUT2D eigenvalue weighted by atomic mass is 10.3. The van der Waals surface area contributed by atoms with Crippen LogP contribution in [-0.4, -0.2) is 29.0 Å². The van der Waals surface area contributed by atoms with Crippen LogP contribution in [0.5, 0.6) is 0 Å². The molecule has 2 unspecified atom stereocenters. The lowest BCUT2D eigenvalue weighted by molar-refractivity contribution is -0.139. The number of carboxylic acid groups (broad SMARTS) is 1. The quantitative estimate of drug-likeness (QED) is 0.767. The number of nitrogens with one attached hydrogen (secondary N) is 1. The Bertz CT molecular complexity index is 385. The molecule has 0 aliphatic heterocycles. The molecule has 5 heteroatoms. The maximum absolute atomic E-state index is 11.8. The van der Waals surface area contributed by atoms with E-state index in [9.17, 15) is 9.59 Å². The molecule has 2 N–H and O–H groups in total. The molecule has 80 valence electrons. The minimum atomic E-state index is -0.879. The van der Waals surface area contributed by atoms with E-state index in [1.165, 1.54) is 4.90 Å². The molecule has 2 atom stereocenters. The highest BCUT2D eigenvalue weighted by Gasteiger charge is 2.49. The molecule has 5 nitrogen and oxygen atoms in total. The largest absolute Gasteiger partial charge is 0.481 e. The number of aliphatic carboxylic acids is 1. The van der Waals surface area contributed by atoms with Crippen LogP contribution in [0.3, 0.4) is 0 Å². The summed E-state index contributed by atoms with van der Waals surface area (Å²) in [7, 11) is 1.66. The normalized spacial score (nSPS) is 23.5. The average Bonchev–Trinajstić information content (AvgIpc) is 2.83. The molecular formula is C10H12N2O3. The van der Waals surface area contributed by atoms with Crippen molar-refractivity contribution in [2.24, 2.45) is 11.8 Å². The Hall–Kier alpha value is -1.78. The third-order valence-corrected chi connectivity index (χ3v) is 2.72. The number of aromatic amines is 1. The summed E-state index contributed by atoms with van der Waals surface area (Å²) in [5, 5.41) is 8.71. The molecule has 1 aromatic heterocycles. The average molecular weight is 208 g/mol. The lowest BCUT2D eigenvalue weighted by Crippen LogP contribution is -2.28. The molecule has 0 aromatic carbocycles. The van der Waals surface area contributed by atoms with Gasteiger partial charge in [0.1, 0.15) is 0 Å². The highest BCUT2D eigenvalue weighted by atomic mass is 16.4. The van der Waals surface area contributed by atoms with E-state index in [2.05, 4.69) is 4.98 Å². The summed E-state index contributed by atoms with van der Waals surface area (Å²) in [5.74, 6) is -1.83. The van der Waals surface area contributed by atoms with Gasteiger partial charge >= 0.3 is 5.97 Å². The molecule has 1 heterocycles. The molecule has 1 saturated carbocycles. The van der Waals surface area contributed by atoms with Crippen molar-refractivity contribution >= 4 is 17.6 Å². The predicted molar refractivity (Wildman–Crippen MR) is 53.4 cm³/mol. The topological polar surface area (TPSA) is 73.4 Å². The molecule has 0 bridgehead atoms.